The topological polar surface area (TPSA) is 189 Å². The Balaban J connectivity index is 1.23. The van der Waals surface area contributed by atoms with E-state index in [1.807, 2.05) is 60.7 Å². The highest BCUT2D eigenvalue weighted by Gasteiger charge is 2.62. The van der Waals surface area contributed by atoms with Gasteiger partial charge in [0, 0.05) is 30.5 Å². The number of nitrogens with zero attached hydrogens (tertiary/aromatic N) is 3. The summed E-state index contributed by atoms with van der Waals surface area (Å²) in [6.45, 7) is 7.27. The van der Waals surface area contributed by atoms with Gasteiger partial charge in [0.15, 0.2) is 0 Å². The van der Waals surface area contributed by atoms with Crippen LogP contribution in [0, 0.1) is 11.8 Å². The van der Waals surface area contributed by atoms with Crippen molar-refractivity contribution in [3.8, 4) is 22.3 Å². The van der Waals surface area contributed by atoms with Crippen LogP contribution in [0.25, 0.3) is 22.3 Å². The molecule has 1 saturated heterocycles. The second kappa shape index (κ2) is 15.7. The molecule has 5 atom stereocenters. The van der Waals surface area contributed by atoms with E-state index in [0.717, 1.165) is 31.2 Å². The summed E-state index contributed by atoms with van der Waals surface area (Å²) in [4.78, 5) is 71.7. The molecule has 2 heterocycles. The average Bonchev–Trinajstić information content (AvgIpc) is 4.06. The number of aromatic nitrogens is 2. The lowest BCUT2D eigenvalue weighted by Gasteiger charge is -2.31. The lowest BCUT2D eigenvalue weighted by Crippen LogP contribution is -2.59. The maximum absolute atomic E-state index is 14.6. The van der Waals surface area contributed by atoms with Crippen LogP contribution in [0.4, 0.5) is 4.79 Å². The molecule has 0 radical (unpaired) electrons. The van der Waals surface area contributed by atoms with E-state index in [4.69, 9.17) is 0 Å². The van der Waals surface area contributed by atoms with Crippen molar-refractivity contribution in [1.82, 2.24) is 35.4 Å². The summed E-state index contributed by atoms with van der Waals surface area (Å²) in [6.07, 6.45) is 7.80. The highest BCUT2D eigenvalue weighted by molar-refractivity contribution is 7.91. The fraction of sp³-hybridized carbons (Fsp3) is 0.463. The van der Waals surface area contributed by atoms with Crippen LogP contribution < -0.4 is 26.2 Å². The van der Waals surface area contributed by atoms with E-state index in [1.54, 1.807) is 20.0 Å². The summed E-state index contributed by atoms with van der Waals surface area (Å²) in [7, 11) is -3.92. The molecule has 0 unspecified atom stereocenters. The molecule has 15 heteroatoms. The first-order chi connectivity index (χ1) is 26.8. The van der Waals surface area contributed by atoms with Crippen LogP contribution in [-0.2, 0) is 24.4 Å². The van der Waals surface area contributed by atoms with Gasteiger partial charge in [0.05, 0.1) is 23.1 Å². The van der Waals surface area contributed by atoms with E-state index < -0.39 is 74.2 Å². The molecule has 4 N–H and O–H groups in total. The third kappa shape index (κ3) is 7.86. The number of carbonyl (C=O) groups excluding carboxylic acids is 4. The number of benzene rings is 2. The minimum absolute atomic E-state index is 0.00522. The van der Waals surface area contributed by atoms with Crippen LogP contribution in [-0.4, -0.2) is 82.3 Å². The van der Waals surface area contributed by atoms with Crippen molar-refractivity contribution in [2.75, 3.05) is 6.54 Å². The Labute approximate surface area is 326 Å². The van der Waals surface area contributed by atoms with Gasteiger partial charge < -0.3 is 20.9 Å². The smallest absolute Gasteiger partial charge is 0.315 e. The number of nitrogens with one attached hydrogen (secondary N) is 4. The number of urea groups is 1. The summed E-state index contributed by atoms with van der Waals surface area (Å²) >= 11 is 0. The molecule has 0 spiro atoms. The summed E-state index contributed by atoms with van der Waals surface area (Å²) in [5, 5.41) is 12.6. The summed E-state index contributed by atoms with van der Waals surface area (Å²) < 4.78 is 29.0. The van der Waals surface area contributed by atoms with Gasteiger partial charge in [-0.1, -0.05) is 93.4 Å². The maximum Gasteiger partial charge on any atom is 0.315 e. The van der Waals surface area contributed by atoms with Crippen LogP contribution in [0.15, 0.2) is 84.3 Å². The number of rotatable bonds is 13. The van der Waals surface area contributed by atoms with Gasteiger partial charge in [0.25, 0.3) is 11.5 Å². The van der Waals surface area contributed by atoms with E-state index in [1.165, 1.54) is 15.7 Å². The Kier molecular flexibility index (Phi) is 10.9. The van der Waals surface area contributed by atoms with Crippen molar-refractivity contribution in [3.63, 3.8) is 0 Å². The molecule has 56 heavy (non-hydrogen) atoms. The Bertz CT molecular complexity index is 2170. The highest BCUT2D eigenvalue weighted by atomic mass is 32.2. The molecule has 0 bridgehead atoms. The van der Waals surface area contributed by atoms with Gasteiger partial charge in [0.2, 0.25) is 21.8 Å². The van der Waals surface area contributed by atoms with Gasteiger partial charge in [-0.25, -0.2) is 17.9 Å². The van der Waals surface area contributed by atoms with Crippen molar-refractivity contribution in [1.29, 1.82) is 0 Å². The molecule has 3 aliphatic carbocycles. The van der Waals surface area contributed by atoms with Crippen molar-refractivity contribution in [3.05, 3.63) is 89.9 Å². The summed E-state index contributed by atoms with van der Waals surface area (Å²) in [5.74, 6) is -3.02. The third-order valence-corrected chi connectivity index (χ3v) is 13.3. The average molecular weight is 784 g/mol. The third-order valence-electron chi connectivity index (χ3n) is 11.5. The van der Waals surface area contributed by atoms with E-state index in [0.29, 0.717) is 29.5 Å². The number of carbonyl (C=O) groups is 4. The van der Waals surface area contributed by atoms with Crippen LogP contribution in [0.5, 0.6) is 0 Å². The zero-order chi connectivity index (χ0) is 39.8. The first kappa shape index (κ1) is 38.9. The zero-order valence-corrected chi connectivity index (χ0v) is 32.5. The zero-order valence-electron chi connectivity index (χ0n) is 31.6. The molecule has 3 saturated carbocycles. The van der Waals surface area contributed by atoms with Crippen LogP contribution in [0.1, 0.15) is 71.3 Å². The first-order valence-electron chi connectivity index (χ1n) is 19.4. The molecule has 3 aromatic rings. The number of sulfonamides is 1. The Hall–Kier alpha value is -5.31. The standard InChI is InChI=1S/C41H49N7O7S/c1-4-28-22-41(28,39(52)46-56(54,55)31-19-20-31)45-36(49)33-21-30(24-47(33)38(51)35(25(2)3)44-40(53)43-29-17-11-12-18-29)48-37(50)34(27-15-9-6-10-16-27)32(23-42-48)26-13-7-5-8-14-26/h4-10,13-16,23,25,28-31,33,35H,1,11-12,17-22,24H2,2-3H3,(H,45,49)(H,46,52)(H2,43,44,53)/t28-,30-,33+,35+,41-/m1/s1. The molecular weight excluding hydrogens is 735 g/mol. The number of likely N-dealkylation sites (tertiary alicyclic amines) is 1. The Morgan fingerprint density at radius 1 is 0.946 bits per heavy atom. The molecule has 1 aromatic heterocycles. The van der Waals surface area contributed by atoms with Crippen molar-refractivity contribution >= 4 is 33.8 Å². The summed E-state index contributed by atoms with van der Waals surface area (Å²) in [5.41, 5.74) is 0.482. The number of amides is 5. The van der Waals surface area contributed by atoms with Crippen molar-refractivity contribution < 1.29 is 27.6 Å². The first-order valence-corrected chi connectivity index (χ1v) is 21.0. The van der Waals surface area contributed by atoms with E-state index in [9.17, 15) is 32.4 Å². The predicted molar refractivity (Wildman–Crippen MR) is 210 cm³/mol. The van der Waals surface area contributed by atoms with Crippen molar-refractivity contribution in [2.24, 2.45) is 11.8 Å². The monoisotopic (exact) mass is 783 g/mol. The van der Waals surface area contributed by atoms with Gasteiger partial charge >= 0.3 is 6.03 Å². The van der Waals surface area contributed by atoms with E-state index in [-0.39, 0.29) is 31.3 Å². The van der Waals surface area contributed by atoms with Gasteiger partial charge in [-0.2, -0.15) is 5.10 Å². The summed E-state index contributed by atoms with van der Waals surface area (Å²) in [6, 6.07) is 15.1. The fourth-order valence-corrected chi connectivity index (χ4v) is 9.44. The Morgan fingerprint density at radius 2 is 1.59 bits per heavy atom. The molecular formula is C41H49N7O7S. The minimum Gasteiger partial charge on any atom is -0.339 e. The van der Waals surface area contributed by atoms with Gasteiger partial charge in [-0.15, -0.1) is 6.58 Å². The van der Waals surface area contributed by atoms with E-state index >= 15 is 0 Å². The van der Waals surface area contributed by atoms with Crippen LogP contribution >= 0.6 is 0 Å². The largest absolute Gasteiger partial charge is 0.339 e. The van der Waals surface area contributed by atoms with Gasteiger partial charge in [0.1, 0.15) is 17.6 Å². The Morgan fingerprint density at radius 3 is 2.18 bits per heavy atom. The number of hydrogen-bond acceptors (Lipinski definition) is 8. The van der Waals surface area contributed by atoms with E-state index in [2.05, 4.69) is 32.4 Å². The van der Waals surface area contributed by atoms with Crippen molar-refractivity contribution in [2.45, 2.75) is 100 Å². The molecule has 14 nitrogen and oxygen atoms in total. The molecule has 4 aliphatic rings. The molecule has 4 fully saturated rings. The van der Waals surface area contributed by atoms with Crippen LogP contribution in [0.3, 0.4) is 0 Å². The van der Waals surface area contributed by atoms with Gasteiger partial charge in [-0.05, 0) is 49.1 Å². The van der Waals surface area contributed by atoms with Gasteiger partial charge in [-0.3, -0.25) is 23.9 Å². The highest BCUT2D eigenvalue weighted by Crippen LogP contribution is 2.46. The molecule has 1 aliphatic heterocycles. The second-order valence-electron chi connectivity index (χ2n) is 15.8. The molecule has 296 valence electrons. The maximum atomic E-state index is 14.6. The molecule has 7 rings (SSSR count). The SMILES string of the molecule is C=C[C@@H]1C[C@]1(NC(=O)[C@@H]1C[C@@H](n2ncc(-c3ccccc3)c(-c3ccccc3)c2=O)CN1C(=O)[C@@H](NC(=O)NC1CCCC1)C(C)C)C(=O)NS(=O)(=O)C1CC1. The molecule has 5 amide bonds. The predicted octanol–water partition coefficient (Wildman–Crippen LogP) is 3.66. The molecule has 2 aromatic carbocycles. The minimum atomic E-state index is -3.92. The lowest BCUT2D eigenvalue weighted by atomic mass is 9.97. The fourth-order valence-electron chi connectivity index (χ4n) is 8.08. The normalized spacial score (nSPS) is 24.0. The second-order valence-corrected chi connectivity index (χ2v) is 17.8. The quantitative estimate of drug-likeness (QED) is 0.189. The van der Waals surface area contributed by atoms with Crippen LogP contribution in [0.2, 0.25) is 0 Å². The lowest BCUT2D eigenvalue weighted by molar-refractivity contribution is -0.141. The number of hydrogen-bond donors (Lipinski definition) is 4.